The van der Waals surface area contributed by atoms with Gasteiger partial charge in [0.05, 0.1) is 0 Å². The predicted octanol–water partition coefficient (Wildman–Crippen LogP) is -1.60. The first-order valence-electron chi connectivity index (χ1n) is 6.70. The van der Waals surface area contributed by atoms with Gasteiger partial charge in [-0.1, -0.05) is 53.0 Å². The van der Waals surface area contributed by atoms with Crippen molar-refractivity contribution in [2.75, 3.05) is 13.1 Å². The van der Waals surface area contributed by atoms with Crippen molar-refractivity contribution in [2.45, 2.75) is 18.8 Å². The summed E-state index contributed by atoms with van der Waals surface area (Å²) < 4.78 is 38.0. The summed E-state index contributed by atoms with van der Waals surface area (Å²) in [7, 11) is -4.94. The fourth-order valence-corrected chi connectivity index (χ4v) is 4.35. The molecule has 1 atom stereocenters. The van der Waals surface area contributed by atoms with Crippen LogP contribution in [0.25, 0.3) is 0 Å². The zero-order valence-electron chi connectivity index (χ0n) is 11.7. The van der Waals surface area contributed by atoms with Crippen LogP contribution >= 0.6 is 22.7 Å². The third-order valence-electron chi connectivity index (χ3n) is 3.34. The highest BCUT2D eigenvalue weighted by atomic mass is 35.7. The lowest BCUT2D eigenvalue weighted by Gasteiger charge is -2.20. The van der Waals surface area contributed by atoms with Gasteiger partial charge in [0.2, 0.25) is 0 Å². The van der Waals surface area contributed by atoms with Crippen molar-refractivity contribution in [3.63, 3.8) is 0 Å². The third-order valence-corrected chi connectivity index (χ3v) is 5.56. The zero-order chi connectivity index (χ0) is 16.0. The first-order chi connectivity index (χ1) is 10.4. The van der Waals surface area contributed by atoms with Crippen molar-refractivity contribution < 1.29 is 28.9 Å². The topological polar surface area (TPSA) is 95.2 Å². The molecule has 1 aliphatic heterocycles. The third kappa shape index (κ3) is 6.13. The summed E-state index contributed by atoms with van der Waals surface area (Å²) in [6, 6.07) is 11.0. The molecule has 3 rings (SSSR count). The Kier molecular flexibility index (Phi) is 6.51. The van der Waals surface area contributed by atoms with Gasteiger partial charge < -0.3 is 0 Å². The van der Waals surface area contributed by atoms with Crippen LogP contribution in [-0.2, 0) is 0 Å². The van der Waals surface area contributed by atoms with Gasteiger partial charge in [-0.15, -0.1) is 10.2 Å². The Hall–Kier alpha value is -0.800. The Bertz CT molecular complexity index is 613. The molecule has 2 heterocycles. The van der Waals surface area contributed by atoms with Crippen molar-refractivity contribution >= 4 is 22.7 Å². The van der Waals surface area contributed by atoms with Gasteiger partial charge in [0.15, 0.2) is 6.54 Å². The first kappa shape index (κ1) is 17.6. The lowest BCUT2D eigenvalue weighted by Crippen LogP contribution is -2.68. The van der Waals surface area contributed by atoms with Crippen molar-refractivity contribution in [1.82, 2.24) is 4.58 Å². The van der Waals surface area contributed by atoms with E-state index in [2.05, 4.69) is 45.7 Å². The fourth-order valence-electron chi connectivity index (χ4n) is 2.49. The minimum atomic E-state index is -4.94. The Morgan fingerprint density at radius 2 is 1.59 bits per heavy atom. The van der Waals surface area contributed by atoms with E-state index in [9.17, 15) is 0 Å². The van der Waals surface area contributed by atoms with E-state index in [-0.39, 0.29) is 0 Å². The Morgan fingerprint density at radius 1 is 1.00 bits per heavy atom. The summed E-state index contributed by atoms with van der Waals surface area (Å²) in [6.07, 6.45) is 2.64. The zero-order valence-corrected chi connectivity index (χ0v) is 14.1. The number of halogens is 1. The Morgan fingerprint density at radius 3 is 2.18 bits per heavy atom. The van der Waals surface area contributed by atoms with E-state index < -0.39 is 10.2 Å². The number of rotatable bonds is 1. The second-order valence-corrected chi connectivity index (χ2v) is 7.65. The second-order valence-electron chi connectivity index (χ2n) is 4.85. The van der Waals surface area contributed by atoms with E-state index in [1.165, 1.54) is 35.5 Å². The van der Waals surface area contributed by atoms with E-state index in [0.29, 0.717) is 5.92 Å². The summed E-state index contributed by atoms with van der Waals surface area (Å²) >= 11 is 3.74. The molecular weight excluding hydrogens is 346 g/mol. The van der Waals surface area contributed by atoms with E-state index in [1.54, 1.807) is 0 Å². The number of nitrogens with zero attached hydrogens (tertiary/aromatic N) is 1. The molecule has 1 aromatic heterocycles. The van der Waals surface area contributed by atoms with Gasteiger partial charge in [-0.05, 0) is 12.0 Å². The summed E-state index contributed by atoms with van der Waals surface area (Å²) in [5.74, 6) is 0.708. The summed E-state index contributed by atoms with van der Waals surface area (Å²) in [4.78, 5) is 0. The van der Waals surface area contributed by atoms with Gasteiger partial charge in [0.25, 0.3) is 0 Å². The van der Waals surface area contributed by atoms with Crippen LogP contribution in [0.3, 0.4) is 0 Å². The number of hydrogen-bond donors (Lipinski definition) is 0. The molecule has 22 heavy (non-hydrogen) atoms. The molecule has 1 aromatic carbocycles. The molecule has 0 spiro atoms. The van der Waals surface area contributed by atoms with Crippen LogP contribution in [0.5, 0.6) is 0 Å². The minimum Gasteiger partial charge on any atom is -0.222 e. The van der Waals surface area contributed by atoms with Crippen molar-refractivity contribution in [1.29, 1.82) is 0 Å². The fraction of sp³-hybridized carbons (Fsp3) is 0.357. The van der Waals surface area contributed by atoms with Crippen molar-refractivity contribution in [2.24, 2.45) is 0 Å². The smallest absolute Gasteiger partial charge is 0.222 e. The highest BCUT2D eigenvalue weighted by molar-refractivity contribution is 7.24. The Labute approximate surface area is 138 Å². The minimum absolute atomic E-state index is 0.708. The van der Waals surface area contributed by atoms with Crippen molar-refractivity contribution in [3.8, 4) is 0 Å². The molecule has 0 aliphatic carbocycles. The maximum Gasteiger partial charge on any atom is 0.313 e. The molecule has 5 nitrogen and oxygen atoms in total. The largest absolute Gasteiger partial charge is 0.313 e. The van der Waals surface area contributed by atoms with Crippen LogP contribution in [0.4, 0.5) is 0 Å². The van der Waals surface area contributed by atoms with Crippen LogP contribution in [0.15, 0.2) is 41.1 Å². The lowest BCUT2D eigenvalue weighted by molar-refractivity contribution is -2.00. The quantitative estimate of drug-likeness (QED) is 0.572. The average molecular weight is 362 g/mol. The van der Waals surface area contributed by atoms with Crippen LogP contribution in [0, 0.1) is 10.2 Å². The molecule has 8 heteroatoms. The molecule has 0 radical (unpaired) electrons. The molecule has 0 bridgehead atoms. The second kappa shape index (κ2) is 8.16. The van der Waals surface area contributed by atoms with Gasteiger partial charge in [-0.3, -0.25) is 0 Å². The molecular formula is C14H16ClNO4S2. The maximum atomic E-state index is 8.49. The highest BCUT2D eigenvalue weighted by Gasteiger charge is 2.24. The molecule has 1 fully saturated rings. The summed E-state index contributed by atoms with van der Waals surface area (Å²) in [5.41, 5.74) is 1.50. The van der Waals surface area contributed by atoms with Crippen LogP contribution in [0.1, 0.15) is 24.3 Å². The number of piperidine rings is 1. The Balaban J connectivity index is 0.000000309. The standard InChI is InChI=1S/C14H16NS2.ClHO4/c1-2-5-12(6-3-1)13-7-4-8-15(11-13)14-16-9-10-17-14;2-1(3,4)5/h1-3,5-6,9-10,13H,4,7-8,11H2;(H,2,3,4,5)/q+1;/p-1. The van der Waals surface area contributed by atoms with Crippen LogP contribution in [-0.4, -0.2) is 13.1 Å². The number of hydrogen-bond acceptors (Lipinski definition) is 6. The molecule has 120 valence electrons. The molecule has 2 aromatic rings. The molecule has 1 saturated heterocycles. The van der Waals surface area contributed by atoms with E-state index in [0.717, 1.165) is 0 Å². The van der Waals surface area contributed by atoms with Gasteiger partial charge in [0, 0.05) is 23.1 Å². The van der Waals surface area contributed by atoms with Crippen LogP contribution in [0.2, 0.25) is 0 Å². The van der Waals surface area contributed by atoms with E-state index in [1.807, 2.05) is 22.7 Å². The van der Waals surface area contributed by atoms with Crippen LogP contribution < -0.4 is 27.2 Å². The van der Waals surface area contributed by atoms with Gasteiger partial charge in [0.1, 0.15) is 6.54 Å². The van der Waals surface area contributed by atoms with Gasteiger partial charge in [-0.25, -0.2) is 23.2 Å². The monoisotopic (exact) mass is 361 g/mol. The van der Waals surface area contributed by atoms with E-state index >= 15 is 0 Å². The maximum absolute atomic E-state index is 8.49. The number of benzene rings is 1. The van der Waals surface area contributed by atoms with Crippen molar-refractivity contribution in [3.05, 3.63) is 50.6 Å². The normalized spacial score (nSPS) is 18.5. The molecule has 1 aliphatic rings. The molecule has 0 saturated carbocycles. The SMILES string of the molecule is [O-][Cl+3]([O-])([O-])[O-].c1ccc(C2CCC[N+](=c3sccs3)C2)cc1. The highest BCUT2D eigenvalue weighted by Crippen LogP contribution is 2.24. The van der Waals surface area contributed by atoms with Gasteiger partial charge in [-0.2, -0.15) is 0 Å². The lowest BCUT2D eigenvalue weighted by atomic mass is 9.91. The summed E-state index contributed by atoms with van der Waals surface area (Å²) in [5, 5.41) is 4.37. The average Bonchev–Trinajstić information content (AvgIpc) is 3.01. The first-order valence-corrected chi connectivity index (χ1v) is 9.70. The van der Waals surface area contributed by atoms with E-state index in [4.69, 9.17) is 18.6 Å². The predicted molar refractivity (Wildman–Crippen MR) is 75.6 cm³/mol. The molecule has 0 N–H and O–H groups in total. The molecule has 0 amide bonds. The van der Waals surface area contributed by atoms with Gasteiger partial charge >= 0.3 is 3.98 Å². The summed E-state index contributed by atoms with van der Waals surface area (Å²) in [6.45, 7) is 2.40. The molecule has 1 unspecified atom stereocenters.